The van der Waals surface area contributed by atoms with E-state index in [4.69, 9.17) is 27.9 Å². The molecule has 0 aliphatic heterocycles. The average Bonchev–Trinajstić information content (AvgIpc) is 3.12. The van der Waals surface area contributed by atoms with Crippen LogP contribution >= 0.6 is 34.5 Å². The van der Waals surface area contributed by atoms with Gasteiger partial charge in [0.15, 0.2) is 11.9 Å². The average molecular weight is 411 g/mol. The smallest absolute Gasteiger partial charge is 0.349 e. The maximum absolute atomic E-state index is 12.3. The number of fused-ring (bicyclic) bond motifs is 1. The van der Waals surface area contributed by atoms with Gasteiger partial charge in [-0.15, -0.1) is 11.3 Å². The van der Waals surface area contributed by atoms with Crippen LogP contribution in [0.2, 0.25) is 10.0 Å². The van der Waals surface area contributed by atoms with Crippen LogP contribution in [0.1, 0.15) is 34.8 Å². The minimum Gasteiger partial charge on any atom is -0.450 e. The molecule has 0 aliphatic rings. The standard InChI is InChI=1S/C18H16Cl2N2O3S/c1-9-12-7-16(18(24)25-11(3)10(2)23)26-17(12)22(21-9)8-13-14(19)5-4-6-15(13)20/h4-7,11H,8H2,1-3H3. The third-order valence-electron chi connectivity index (χ3n) is 4.03. The fraction of sp³-hybridized carbons (Fsp3) is 0.278. The number of hydrogen-bond donors (Lipinski definition) is 0. The third kappa shape index (κ3) is 3.63. The molecule has 136 valence electrons. The molecule has 1 atom stereocenters. The van der Waals surface area contributed by atoms with Crippen molar-refractivity contribution in [1.82, 2.24) is 9.78 Å². The highest BCUT2D eigenvalue weighted by Gasteiger charge is 2.21. The first-order valence-electron chi connectivity index (χ1n) is 7.89. The van der Waals surface area contributed by atoms with Crippen LogP contribution in [0.25, 0.3) is 10.2 Å². The Morgan fingerprint density at radius 1 is 1.31 bits per heavy atom. The maximum atomic E-state index is 12.3. The molecule has 0 bridgehead atoms. The molecule has 2 aromatic heterocycles. The fourth-order valence-corrected chi connectivity index (χ4v) is 4.02. The van der Waals surface area contributed by atoms with E-state index in [1.54, 1.807) is 35.9 Å². The van der Waals surface area contributed by atoms with Crippen molar-refractivity contribution in [1.29, 1.82) is 0 Å². The second kappa shape index (κ2) is 7.39. The van der Waals surface area contributed by atoms with Crippen molar-refractivity contribution in [2.24, 2.45) is 0 Å². The van der Waals surface area contributed by atoms with Crippen LogP contribution < -0.4 is 0 Å². The minimum atomic E-state index is -0.771. The largest absolute Gasteiger partial charge is 0.450 e. The lowest BCUT2D eigenvalue weighted by molar-refractivity contribution is -0.124. The van der Waals surface area contributed by atoms with Gasteiger partial charge in [-0.2, -0.15) is 5.10 Å². The molecule has 0 N–H and O–H groups in total. The van der Waals surface area contributed by atoms with Gasteiger partial charge in [-0.25, -0.2) is 9.48 Å². The third-order valence-corrected chi connectivity index (χ3v) is 5.87. The van der Waals surface area contributed by atoms with Crippen LogP contribution in [0.5, 0.6) is 0 Å². The maximum Gasteiger partial charge on any atom is 0.349 e. The molecule has 26 heavy (non-hydrogen) atoms. The molecule has 2 heterocycles. The van der Waals surface area contributed by atoms with Crippen molar-refractivity contribution in [2.45, 2.75) is 33.4 Å². The second-order valence-corrected chi connectivity index (χ2v) is 7.78. The van der Waals surface area contributed by atoms with Crippen LogP contribution in [-0.2, 0) is 16.1 Å². The van der Waals surface area contributed by atoms with Crippen LogP contribution in [0.3, 0.4) is 0 Å². The summed E-state index contributed by atoms with van der Waals surface area (Å²) in [5.41, 5.74) is 1.56. The summed E-state index contributed by atoms with van der Waals surface area (Å²) in [6.45, 7) is 5.20. The number of thiophene rings is 1. The Hall–Kier alpha value is -1.89. The number of esters is 1. The lowest BCUT2D eigenvalue weighted by Crippen LogP contribution is -2.21. The molecule has 8 heteroatoms. The van der Waals surface area contributed by atoms with Gasteiger partial charge >= 0.3 is 5.97 Å². The normalized spacial score (nSPS) is 12.3. The molecule has 0 spiro atoms. The number of Topliss-reactive ketones (excluding diaryl/α,β-unsaturated/α-hetero) is 1. The SMILES string of the molecule is CC(=O)C(C)OC(=O)c1cc2c(C)nn(Cc3c(Cl)cccc3Cl)c2s1. The molecule has 0 amide bonds. The van der Waals surface area contributed by atoms with E-state index < -0.39 is 12.1 Å². The molecule has 3 rings (SSSR count). The van der Waals surface area contributed by atoms with E-state index in [0.29, 0.717) is 21.5 Å². The number of benzene rings is 1. The van der Waals surface area contributed by atoms with Crippen LogP contribution in [0.15, 0.2) is 24.3 Å². The van der Waals surface area contributed by atoms with E-state index in [1.807, 2.05) is 6.92 Å². The van der Waals surface area contributed by atoms with Crippen molar-refractivity contribution < 1.29 is 14.3 Å². The zero-order valence-electron chi connectivity index (χ0n) is 14.4. The number of nitrogens with zero attached hydrogens (tertiary/aromatic N) is 2. The number of halogens is 2. The fourth-order valence-electron chi connectivity index (χ4n) is 2.46. The van der Waals surface area contributed by atoms with Crippen molar-refractivity contribution in [3.05, 3.63) is 50.4 Å². The number of hydrogen-bond acceptors (Lipinski definition) is 5. The Balaban J connectivity index is 1.95. The number of aryl methyl sites for hydroxylation is 1. The summed E-state index contributed by atoms with van der Waals surface area (Å²) in [4.78, 5) is 24.8. The predicted molar refractivity (Wildman–Crippen MR) is 103 cm³/mol. The molecule has 0 fully saturated rings. The highest BCUT2D eigenvalue weighted by molar-refractivity contribution is 7.20. The number of ether oxygens (including phenoxy) is 1. The predicted octanol–water partition coefficient (Wildman–Crippen LogP) is 4.90. The molecule has 3 aromatic rings. The topological polar surface area (TPSA) is 61.2 Å². The Bertz CT molecular complexity index is 989. The van der Waals surface area contributed by atoms with Crippen molar-refractivity contribution in [3.63, 3.8) is 0 Å². The van der Waals surface area contributed by atoms with Gasteiger partial charge in [0.1, 0.15) is 9.71 Å². The van der Waals surface area contributed by atoms with Gasteiger partial charge in [0, 0.05) is 21.0 Å². The van der Waals surface area contributed by atoms with E-state index in [0.717, 1.165) is 21.5 Å². The van der Waals surface area contributed by atoms with Crippen molar-refractivity contribution in [2.75, 3.05) is 0 Å². The highest BCUT2D eigenvalue weighted by Crippen LogP contribution is 2.31. The Morgan fingerprint density at radius 2 is 1.96 bits per heavy atom. The molecule has 1 unspecified atom stereocenters. The molecule has 0 saturated heterocycles. The van der Waals surface area contributed by atoms with Crippen LogP contribution in [0.4, 0.5) is 0 Å². The van der Waals surface area contributed by atoms with E-state index in [-0.39, 0.29) is 5.78 Å². The van der Waals surface area contributed by atoms with E-state index in [1.165, 1.54) is 18.3 Å². The van der Waals surface area contributed by atoms with Gasteiger partial charge < -0.3 is 4.74 Å². The summed E-state index contributed by atoms with van der Waals surface area (Å²) < 4.78 is 6.95. The summed E-state index contributed by atoms with van der Waals surface area (Å²) in [5.74, 6) is -0.717. The quantitative estimate of drug-likeness (QED) is 0.561. The molecule has 0 saturated carbocycles. The number of aromatic nitrogens is 2. The van der Waals surface area contributed by atoms with Gasteiger partial charge in [0.05, 0.1) is 12.2 Å². The molecule has 0 aliphatic carbocycles. The molecular weight excluding hydrogens is 395 g/mol. The Labute approximate surface area is 164 Å². The summed E-state index contributed by atoms with van der Waals surface area (Å²) in [6, 6.07) is 7.07. The van der Waals surface area contributed by atoms with Gasteiger partial charge in [0.25, 0.3) is 0 Å². The first kappa shape index (κ1) is 18.9. The summed E-state index contributed by atoms with van der Waals surface area (Å²) >= 11 is 13.8. The number of carbonyl (C=O) groups excluding carboxylic acids is 2. The summed E-state index contributed by atoms with van der Waals surface area (Å²) in [7, 11) is 0. The minimum absolute atomic E-state index is 0.199. The Kier molecular flexibility index (Phi) is 5.37. The zero-order valence-corrected chi connectivity index (χ0v) is 16.7. The zero-order chi connectivity index (χ0) is 19.0. The molecule has 0 radical (unpaired) electrons. The second-order valence-electron chi connectivity index (χ2n) is 5.93. The van der Waals surface area contributed by atoms with Gasteiger partial charge in [-0.3, -0.25) is 4.79 Å². The lowest BCUT2D eigenvalue weighted by Gasteiger charge is -2.08. The Morgan fingerprint density at radius 3 is 2.58 bits per heavy atom. The van der Waals surface area contributed by atoms with Gasteiger partial charge in [0.2, 0.25) is 0 Å². The summed E-state index contributed by atoms with van der Waals surface area (Å²) in [5, 5.41) is 6.50. The number of carbonyl (C=O) groups is 2. The molecule has 5 nitrogen and oxygen atoms in total. The van der Waals surface area contributed by atoms with Crippen molar-refractivity contribution in [3.8, 4) is 0 Å². The first-order chi connectivity index (χ1) is 12.3. The highest BCUT2D eigenvalue weighted by atomic mass is 35.5. The van der Waals surface area contributed by atoms with Crippen molar-refractivity contribution >= 4 is 56.5 Å². The molecular formula is C18H16Cl2N2O3S. The van der Waals surface area contributed by atoms with Crippen LogP contribution in [0, 0.1) is 6.92 Å². The first-order valence-corrected chi connectivity index (χ1v) is 9.46. The van der Waals surface area contributed by atoms with Crippen LogP contribution in [-0.4, -0.2) is 27.6 Å². The summed E-state index contributed by atoms with van der Waals surface area (Å²) in [6.07, 6.45) is -0.771. The monoisotopic (exact) mass is 410 g/mol. The number of rotatable bonds is 5. The van der Waals surface area contributed by atoms with Gasteiger partial charge in [-0.1, -0.05) is 29.3 Å². The van der Waals surface area contributed by atoms with Gasteiger partial charge in [-0.05, 0) is 39.0 Å². The van der Waals surface area contributed by atoms with E-state index in [2.05, 4.69) is 5.10 Å². The van der Waals surface area contributed by atoms with E-state index in [9.17, 15) is 9.59 Å². The molecule has 1 aromatic carbocycles. The van der Waals surface area contributed by atoms with E-state index >= 15 is 0 Å². The number of ketones is 1. The lowest BCUT2D eigenvalue weighted by atomic mass is 10.2.